The minimum absolute atomic E-state index is 0.0667. The van der Waals surface area contributed by atoms with Crippen molar-refractivity contribution in [2.45, 2.75) is 33.0 Å². The largest absolute Gasteiger partial charge is 0.454 e. The third kappa shape index (κ3) is 5.44. The molecule has 30 heavy (non-hydrogen) atoms. The lowest BCUT2D eigenvalue weighted by molar-refractivity contribution is -0.153. The number of hydrogen-bond donors (Lipinski definition) is 0. The fourth-order valence-electron chi connectivity index (χ4n) is 2.84. The molecule has 156 valence electrons. The summed E-state index contributed by atoms with van der Waals surface area (Å²) in [6, 6.07) is 18.4. The Balaban J connectivity index is 1.58. The van der Waals surface area contributed by atoms with Crippen molar-refractivity contribution < 1.29 is 18.7 Å². The van der Waals surface area contributed by atoms with Gasteiger partial charge in [-0.05, 0) is 31.5 Å². The van der Waals surface area contributed by atoms with Gasteiger partial charge in [-0.25, -0.2) is 4.79 Å². The lowest BCUT2D eigenvalue weighted by atomic mass is 10.2. The summed E-state index contributed by atoms with van der Waals surface area (Å²) in [5.74, 6) is -1.73. The van der Waals surface area contributed by atoms with Crippen LogP contribution in [0.5, 0.6) is 0 Å². The molecule has 1 aromatic heterocycles. The molecule has 0 unspecified atom stereocenters. The van der Waals surface area contributed by atoms with Gasteiger partial charge in [0.15, 0.2) is 6.61 Å². The van der Waals surface area contributed by atoms with Crippen LogP contribution in [-0.2, 0) is 27.4 Å². The van der Waals surface area contributed by atoms with E-state index in [9.17, 15) is 14.4 Å². The molecule has 3 rings (SSSR count). The van der Waals surface area contributed by atoms with Gasteiger partial charge in [0.25, 0.3) is 5.91 Å². The monoisotopic (exact) mass is 409 g/mol. The Labute approximate surface area is 173 Å². The number of aromatic nitrogens is 2. The Kier molecular flexibility index (Phi) is 6.79. The zero-order valence-electron chi connectivity index (χ0n) is 16.9. The van der Waals surface area contributed by atoms with Crippen molar-refractivity contribution >= 4 is 11.9 Å². The van der Waals surface area contributed by atoms with Crippen molar-refractivity contribution in [3.05, 3.63) is 76.8 Å². The van der Waals surface area contributed by atoms with Crippen molar-refractivity contribution in [3.63, 3.8) is 0 Å². The minimum atomic E-state index is -0.773. The highest BCUT2D eigenvalue weighted by molar-refractivity contribution is 5.80. The Hall–Kier alpha value is -3.68. The van der Waals surface area contributed by atoms with Crippen LogP contribution in [0.4, 0.5) is 0 Å². The number of benzene rings is 2. The number of rotatable bonds is 8. The van der Waals surface area contributed by atoms with E-state index in [4.69, 9.17) is 9.15 Å². The first-order valence-corrected chi connectivity index (χ1v) is 9.56. The quantitative estimate of drug-likeness (QED) is 0.531. The molecule has 0 atom stereocenters. The number of esters is 1. The third-order valence-corrected chi connectivity index (χ3v) is 4.40. The third-order valence-electron chi connectivity index (χ3n) is 4.40. The van der Waals surface area contributed by atoms with Gasteiger partial charge < -0.3 is 14.1 Å². The van der Waals surface area contributed by atoms with Gasteiger partial charge in [-0.3, -0.25) is 9.59 Å². The van der Waals surface area contributed by atoms with Crippen molar-refractivity contribution in [3.8, 4) is 11.5 Å². The number of amides is 1. The van der Waals surface area contributed by atoms with E-state index in [0.717, 1.165) is 10.2 Å². The van der Waals surface area contributed by atoms with Crippen LogP contribution in [0.1, 0.15) is 19.4 Å². The van der Waals surface area contributed by atoms with Gasteiger partial charge in [-0.2, -0.15) is 4.68 Å². The molecule has 0 radical (unpaired) electrons. The van der Waals surface area contributed by atoms with Crippen LogP contribution in [-0.4, -0.2) is 39.2 Å². The van der Waals surface area contributed by atoms with Crippen molar-refractivity contribution in [2.24, 2.45) is 0 Å². The molecule has 0 aliphatic carbocycles. The van der Waals surface area contributed by atoms with E-state index in [2.05, 4.69) is 5.10 Å². The number of nitrogens with zero attached hydrogens (tertiary/aromatic N) is 3. The molecule has 8 nitrogen and oxygen atoms in total. The molecule has 8 heteroatoms. The summed E-state index contributed by atoms with van der Waals surface area (Å²) in [7, 11) is 0. The van der Waals surface area contributed by atoms with Gasteiger partial charge >= 0.3 is 11.7 Å². The Morgan fingerprint density at radius 3 is 2.33 bits per heavy atom. The van der Waals surface area contributed by atoms with E-state index < -0.39 is 24.9 Å². The second-order valence-electron chi connectivity index (χ2n) is 6.96. The van der Waals surface area contributed by atoms with E-state index in [0.29, 0.717) is 12.1 Å². The molecule has 3 aromatic rings. The molecular formula is C22H23N3O5. The van der Waals surface area contributed by atoms with Crippen LogP contribution in [0.3, 0.4) is 0 Å². The molecule has 2 aromatic carbocycles. The summed E-state index contributed by atoms with van der Waals surface area (Å²) in [5, 5.41) is 4.01. The van der Waals surface area contributed by atoms with E-state index in [1.165, 1.54) is 0 Å². The first kappa shape index (κ1) is 21.0. The second kappa shape index (κ2) is 9.69. The van der Waals surface area contributed by atoms with Crippen LogP contribution >= 0.6 is 0 Å². The molecule has 0 spiro atoms. The van der Waals surface area contributed by atoms with Crippen LogP contribution in [0, 0.1) is 0 Å². The maximum atomic E-state index is 12.5. The summed E-state index contributed by atoms with van der Waals surface area (Å²) in [5.41, 5.74) is 1.60. The van der Waals surface area contributed by atoms with Crippen LogP contribution in [0.25, 0.3) is 11.5 Å². The second-order valence-corrected chi connectivity index (χ2v) is 6.96. The van der Waals surface area contributed by atoms with Gasteiger partial charge in [-0.15, -0.1) is 5.10 Å². The molecule has 0 aliphatic rings. The maximum absolute atomic E-state index is 12.5. The molecule has 0 fully saturated rings. The summed E-state index contributed by atoms with van der Waals surface area (Å²) in [4.78, 5) is 38.2. The van der Waals surface area contributed by atoms with Gasteiger partial charge in [0, 0.05) is 18.2 Å². The van der Waals surface area contributed by atoms with Gasteiger partial charge in [0.05, 0.1) is 0 Å². The molecular weight excluding hydrogens is 386 g/mol. The number of hydrogen-bond acceptors (Lipinski definition) is 6. The number of carbonyl (C=O) groups excluding carboxylic acids is 2. The predicted octanol–water partition coefficient (Wildman–Crippen LogP) is 2.48. The average Bonchev–Trinajstić information content (AvgIpc) is 3.11. The molecule has 1 heterocycles. The van der Waals surface area contributed by atoms with Crippen LogP contribution < -0.4 is 5.76 Å². The fourth-order valence-corrected chi connectivity index (χ4v) is 2.84. The van der Waals surface area contributed by atoms with E-state index >= 15 is 0 Å². The Morgan fingerprint density at radius 1 is 1.07 bits per heavy atom. The van der Waals surface area contributed by atoms with Gasteiger partial charge in [0.2, 0.25) is 5.89 Å². The maximum Gasteiger partial charge on any atom is 0.437 e. The Morgan fingerprint density at radius 2 is 1.70 bits per heavy atom. The fraction of sp³-hybridized carbons (Fsp3) is 0.273. The topological polar surface area (TPSA) is 94.6 Å². The smallest absolute Gasteiger partial charge is 0.437 e. The van der Waals surface area contributed by atoms with Crippen LogP contribution in [0.2, 0.25) is 0 Å². The van der Waals surface area contributed by atoms with E-state index in [-0.39, 0.29) is 17.8 Å². The molecule has 0 saturated carbocycles. The lowest BCUT2D eigenvalue weighted by Gasteiger charge is -2.26. The highest BCUT2D eigenvalue weighted by Gasteiger charge is 2.20. The zero-order valence-corrected chi connectivity index (χ0v) is 16.9. The van der Waals surface area contributed by atoms with Crippen LogP contribution in [0.15, 0.2) is 69.9 Å². The highest BCUT2D eigenvalue weighted by Crippen LogP contribution is 2.14. The highest BCUT2D eigenvalue weighted by atomic mass is 16.5. The van der Waals surface area contributed by atoms with Crippen molar-refractivity contribution in [1.29, 1.82) is 0 Å². The summed E-state index contributed by atoms with van der Waals surface area (Å²) >= 11 is 0. The number of carbonyl (C=O) groups is 2. The van der Waals surface area contributed by atoms with E-state index in [1.807, 2.05) is 50.2 Å². The summed E-state index contributed by atoms with van der Waals surface area (Å²) in [6.45, 7) is 3.34. The SMILES string of the molecule is CC(C)N(Cc1ccccc1)C(=O)COC(=O)Cn1nc(-c2ccccc2)oc1=O. The van der Waals surface area contributed by atoms with Gasteiger partial charge in [0.1, 0.15) is 6.54 Å². The van der Waals surface area contributed by atoms with Crippen molar-refractivity contribution in [2.75, 3.05) is 6.61 Å². The van der Waals surface area contributed by atoms with Gasteiger partial charge in [-0.1, -0.05) is 48.5 Å². The Bertz CT molecular complexity index is 1040. The summed E-state index contributed by atoms with van der Waals surface area (Å²) < 4.78 is 11.0. The first-order chi connectivity index (χ1) is 14.4. The predicted molar refractivity (Wildman–Crippen MR) is 109 cm³/mol. The minimum Gasteiger partial charge on any atom is -0.454 e. The molecule has 0 N–H and O–H groups in total. The standard InChI is InChI=1S/C22H23N3O5/c1-16(2)24(13-17-9-5-3-6-10-17)19(26)15-29-20(27)14-25-22(28)30-21(23-25)18-11-7-4-8-12-18/h3-12,16H,13-15H2,1-2H3. The number of ether oxygens (including phenoxy) is 1. The zero-order chi connectivity index (χ0) is 21.5. The van der Waals surface area contributed by atoms with Crippen molar-refractivity contribution in [1.82, 2.24) is 14.7 Å². The normalized spacial score (nSPS) is 10.8. The molecule has 0 bridgehead atoms. The molecule has 0 aliphatic heterocycles. The molecule has 0 saturated heterocycles. The lowest BCUT2D eigenvalue weighted by Crippen LogP contribution is -2.39. The summed E-state index contributed by atoms with van der Waals surface area (Å²) in [6.07, 6.45) is 0. The average molecular weight is 409 g/mol. The van der Waals surface area contributed by atoms with E-state index in [1.54, 1.807) is 29.2 Å². The molecule has 1 amide bonds. The first-order valence-electron chi connectivity index (χ1n) is 9.56.